The molecule has 130 valence electrons. The number of halogens is 1. The standard InChI is InChI=1S/C19H17ClN6/c1-25(12-13-5-3-7-15(20)9-13)18-16-11-22-26(2)19(16)24-17(23-18)14-6-4-8-21-10-14/h3-11H,12H2,1-2H3. The Bertz CT molecular complexity index is 1060. The molecule has 4 rings (SSSR count). The van der Waals surface area contributed by atoms with E-state index in [0.29, 0.717) is 12.4 Å². The van der Waals surface area contributed by atoms with Crippen LogP contribution in [0.25, 0.3) is 22.4 Å². The van der Waals surface area contributed by atoms with Crippen LogP contribution in [0.3, 0.4) is 0 Å². The second-order valence-corrected chi connectivity index (χ2v) is 6.54. The molecule has 0 amide bonds. The van der Waals surface area contributed by atoms with Gasteiger partial charge in [0.15, 0.2) is 11.5 Å². The predicted octanol–water partition coefficient (Wildman–Crippen LogP) is 3.72. The van der Waals surface area contributed by atoms with Crippen LogP contribution in [0.2, 0.25) is 5.02 Å². The zero-order valence-electron chi connectivity index (χ0n) is 14.5. The number of anilines is 1. The molecule has 0 aliphatic rings. The number of aromatic nitrogens is 5. The Balaban J connectivity index is 1.80. The van der Waals surface area contributed by atoms with Gasteiger partial charge in [-0.05, 0) is 29.8 Å². The number of hydrogen-bond donors (Lipinski definition) is 0. The maximum atomic E-state index is 6.11. The van der Waals surface area contributed by atoms with E-state index in [2.05, 4.69) is 20.0 Å². The van der Waals surface area contributed by atoms with E-state index in [1.807, 2.05) is 50.5 Å². The lowest BCUT2D eigenvalue weighted by Gasteiger charge is -2.20. The van der Waals surface area contributed by atoms with Gasteiger partial charge in [-0.25, -0.2) is 9.97 Å². The maximum Gasteiger partial charge on any atom is 0.165 e. The first kappa shape index (κ1) is 16.5. The fourth-order valence-electron chi connectivity index (χ4n) is 2.91. The number of fused-ring (bicyclic) bond motifs is 1. The van der Waals surface area contributed by atoms with E-state index in [1.165, 1.54) is 0 Å². The second kappa shape index (κ2) is 6.72. The summed E-state index contributed by atoms with van der Waals surface area (Å²) >= 11 is 6.11. The second-order valence-electron chi connectivity index (χ2n) is 6.10. The highest BCUT2D eigenvalue weighted by Gasteiger charge is 2.16. The molecule has 0 fully saturated rings. The Kier molecular flexibility index (Phi) is 4.26. The molecule has 0 saturated carbocycles. The van der Waals surface area contributed by atoms with Crippen LogP contribution >= 0.6 is 11.6 Å². The van der Waals surface area contributed by atoms with Crippen molar-refractivity contribution in [1.29, 1.82) is 0 Å². The molecule has 0 bridgehead atoms. The van der Waals surface area contributed by atoms with Gasteiger partial charge in [-0.15, -0.1) is 0 Å². The largest absolute Gasteiger partial charge is 0.355 e. The first-order valence-electron chi connectivity index (χ1n) is 8.17. The van der Waals surface area contributed by atoms with Gasteiger partial charge >= 0.3 is 0 Å². The number of pyridine rings is 1. The normalized spacial score (nSPS) is 11.0. The number of aryl methyl sites for hydroxylation is 1. The highest BCUT2D eigenvalue weighted by molar-refractivity contribution is 6.30. The number of hydrogen-bond acceptors (Lipinski definition) is 5. The molecule has 4 aromatic rings. The summed E-state index contributed by atoms with van der Waals surface area (Å²) in [6.07, 6.45) is 5.29. The maximum absolute atomic E-state index is 6.11. The molecule has 3 aromatic heterocycles. The van der Waals surface area contributed by atoms with Gasteiger partial charge in [0.1, 0.15) is 5.82 Å². The molecule has 1 aromatic carbocycles. The minimum absolute atomic E-state index is 0.627. The first-order valence-corrected chi connectivity index (χ1v) is 8.55. The van der Waals surface area contributed by atoms with Gasteiger partial charge in [-0.2, -0.15) is 5.10 Å². The summed E-state index contributed by atoms with van der Waals surface area (Å²) in [6.45, 7) is 0.675. The van der Waals surface area contributed by atoms with Crippen LogP contribution in [0.5, 0.6) is 0 Å². The van der Waals surface area contributed by atoms with Crippen molar-refractivity contribution in [3.63, 3.8) is 0 Å². The molecule has 0 aliphatic heterocycles. The summed E-state index contributed by atoms with van der Waals surface area (Å²) in [6, 6.07) is 11.7. The average Bonchev–Trinajstić information content (AvgIpc) is 3.03. The summed E-state index contributed by atoms with van der Waals surface area (Å²) < 4.78 is 1.76. The van der Waals surface area contributed by atoms with Crippen LogP contribution in [0.15, 0.2) is 55.0 Å². The van der Waals surface area contributed by atoms with Crippen molar-refractivity contribution in [2.45, 2.75) is 6.54 Å². The van der Waals surface area contributed by atoms with Crippen molar-refractivity contribution in [3.8, 4) is 11.4 Å². The van der Waals surface area contributed by atoms with E-state index in [-0.39, 0.29) is 0 Å². The first-order chi connectivity index (χ1) is 12.6. The molecular weight excluding hydrogens is 348 g/mol. The Morgan fingerprint density at radius 2 is 2.00 bits per heavy atom. The zero-order chi connectivity index (χ0) is 18.1. The fourth-order valence-corrected chi connectivity index (χ4v) is 3.12. The van der Waals surface area contributed by atoms with E-state index < -0.39 is 0 Å². The molecule has 0 radical (unpaired) electrons. The molecule has 6 nitrogen and oxygen atoms in total. The Hall–Kier alpha value is -2.99. The van der Waals surface area contributed by atoms with Crippen LogP contribution in [-0.2, 0) is 13.6 Å². The molecular formula is C19H17ClN6. The average molecular weight is 365 g/mol. The summed E-state index contributed by atoms with van der Waals surface area (Å²) in [4.78, 5) is 15.7. The summed E-state index contributed by atoms with van der Waals surface area (Å²) in [7, 11) is 3.88. The van der Waals surface area contributed by atoms with Gasteiger partial charge in [0.05, 0.1) is 11.6 Å². The fraction of sp³-hybridized carbons (Fsp3) is 0.158. The Morgan fingerprint density at radius 3 is 2.77 bits per heavy atom. The third-order valence-corrected chi connectivity index (χ3v) is 4.40. The third-order valence-electron chi connectivity index (χ3n) is 4.16. The molecule has 0 spiro atoms. The molecule has 0 saturated heterocycles. The van der Waals surface area contributed by atoms with Crippen molar-refractivity contribution >= 4 is 28.5 Å². The summed E-state index contributed by atoms with van der Waals surface area (Å²) in [5, 5.41) is 5.98. The monoisotopic (exact) mass is 364 g/mol. The van der Waals surface area contributed by atoms with Gasteiger partial charge in [-0.1, -0.05) is 23.7 Å². The van der Waals surface area contributed by atoms with Crippen molar-refractivity contribution in [2.24, 2.45) is 7.05 Å². The molecule has 0 N–H and O–H groups in total. The van der Waals surface area contributed by atoms with E-state index in [0.717, 1.165) is 33.0 Å². The van der Waals surface area contributed by atoms with Gasteiger partial charge < -0.3 is 4.90 Å². The molecule has 0 atom stereocenters. The van der Waals surface area contributed by atoms with Crippen LogP contribution in [-0.4, -0.2) is 31.8 Å². The van der Waals surface area contributed by atoms with E-state index >= 15 is 0 Å². The SMILES string of the molecule is CN(Cc1cccc(Cl)c1)c1nc(-c2cccnc2)nc2c1cnn2C. The van der Waals surface area contributed by atoms with E-state index in [1.54, 1.807) is 23.3 Å². The third kappa shape index (κ3) is 3.11. The highest BCUT2D eigenvalue weighted by Crippen LogP contribution is 2.27. The number of nitrogens with zero attached hydrogens (tertiary/aromatic N) is 6. The van der Waals surface area contributed by atoms with Crippen molar-refractivity contribution in [2.75, 3.05) is 11.9 Å². The van der Waals surface area contributed by atoms with Gasteiger partial charge in [0.2, 0.25) is 0 Å². The Labute approximate surface area is 156 Å². The van der Waals surface area contributed by atoms with E-state index in [4.69, 9.17) is 16.6 Å². The Morgan fingerprint density at radius 1 is 1.12 bits per heavy atom. The lowest BCUT2D eigenvalue weighted by Crippen LogP contribution is -2.18. The van der Waals surface area contributed by atoms with E-state index in [9.17, 15) is 0 Å². The van der Waals surface area contributed by atoms with Gasteiger partial charge in [0.25, 0.3) is 0 Å². The van der Waals surface area contributed by atoms with Gasteiger partial charge in [-0.3, -0.25) is 9.67 Å². The van der Waals surface area contributed by atoms with Gasteiger partial charge in [0, 0.05) is 43.6 Å². The number of benzene rings is 1. The minimum Gasteiger partial charge on any atom is -0.355 e. The van der Waals surface area contributed by atoms with Crippen molar-refractivity contribution < 1.29 is 0 Å². The number of rotatable bonds is 4. The smallest absolute Gasteiger partial charge is 0.165 e. The minimum atomic E-state index is 0.627. The predicted molar refractivity (Wildman–Crippen MR) is 103 cm³/mol. The van der Waals surface area contributed by atoms with Crippen LogP contribution in [0.1, 0.15) is 5.56 Å². The molecule has 26 heavy (non-hydrogen) atoms. The molecule has 0 aliphatic carbocycles. The highest BCUT2D eigenvalue weighted by atomic mass is 35.5. The summed E-state index contributed by atoms with van der Waals surface area (Å²) in [5.41, 5.74) is 2.76. The van der Waals surface area contributed by atoms with Crippen LogP contribution in [0.4, 0.5) is 5.82 Å². The van der Waals surface area contributed by atoms with Crippen molar-refractivity contribution in [3.05, 3.63) is 65.6 Å². The summed E-state index contributed by atoms with van der Waals surface area (Å²) in [5.74, 6) is 1.45. The van der Waals surface area contributed by atoms with Crippen molar-refractivity contribution in [1.82, 2.24) is 24.7 Å². The van der Waals surface area contributed by atoms with Crippen LogP contribution in [0, 0.1) is 0 Å². The quantitative estimate of drug-likeness (QED) is 0.552. The molecule has 0 unspecified atom stereocenters. The lowest BCUT2D eigenvalue weighted by atomic mass is 10.2. The zero-order valence-corrected chi connectivity index (χ0v) is 15.2. The topological polar surface area (TPSA) is 59.7 Å². The molecule has 7 heteroatoms. The lowest BCUT2D eigenvalue weighted by molar-refractivity contribution is 0.785. The molecule has 3 heterocycles. The van der Waals surface area contributed by atoms with Crippen LogP contribution < -0.4 is 4.90 Å².